The maximum atomic E-state index is 13.5. The normalized spacial score (nSPS) is 15.0. The second kappa shape index (κ2) is 8.03. The molecule has 5 heteroatoms. The molecule has 0 bridgehead atoms. The van der Waals surface area contributed by atoms with E-state index in [-0.39, 0.29) is 5.91 Å². The summed E-state index contributed by atoms with van der Waals surface area (Å²) in [4.78, 5) is 19.6. The van der Waals surface area contributed by atoms with Gasteiger partial charge in [-0.1, -0.05) is 65.7 Å². The maximum absolute atomic E-state index is 13.5. The molecule has 3 nitrogen and oxygen atoms in total. The molecular weight excluding hydrogens is 427 g/mol. The first-order valence-electron chi connectivity index (χ1n) is 9.73. The van der Waals surface area contributed by atoms with Gasteiger partial charge in [0, 0.05) is 32.9 Å². The smallest absolute Gasteiger partial charge is 0.262 e. The molecule has 0 unspecified atom stereocenters. The minimum Gasteiger partial charge on any atom is -0.276 e. The van der Waals surface area contributed by atoms with Crippen molar-refractivity contribution in [3.8, 4) is 0 Å². The van der Waals surface area contributed by atoms with Crippen LogP contribution in [0.4, 0.5) is 5.69 Å². The summed E-state index contributed by atoms with van der Waals surface area (Å²) in [5, 5.41) is 2.02. The summed E-state index contributed by atoms with van der Waals surface area (Å²) in [6, 6.07) is 24.8. The van der Waals surface area contributed by atoms with Crippen LogP contribution in [0, 0.1) is 0 Å². The number of aromatic nitrogens is 1. The third-order valence-corrected chi connectivity index (χ3v) is 5.73. The van der Waals surface area contributed by atoms with Crippen molar-refractivity contribution in [3.05, 3.63) is 118 Å². The van der Waals surface area contributed by atoms with E-state index in [1.807, 2.05) is 72.8 Å². The number of pyridine rings is 1. The van der Waals surface area contributed by atoms with Crippen LogP contribution in [0.25, 0.3) is 22.7 Å². The lowest BCUT2D eigenvalue weighted by molar-refractivity contribution is -0.113. The summed E-state index contributed by atoms with van der Waals surface area (Å²) in [6.45, 7) is 0. The van der Waals surface area contributed by atoms with Crippen molar-refractivity contribution in [1.82, 2.24) is 4.98 Å². The van der Waals surface area contributed by atoms with Gasteiger partial charge < -0.3 is 0 Å². The summed E-state index contributed by atoms with van der Waals surface area (Å²) >= 11 is 12.4. The number of amides is 1. The highest BCUT2D eigenvalue weighted by Crippen LogP contribution is 2.37. The van der Waals surface area contributed by atoms with Gasteiger partial charge in [-0.2, -0.15) is 0 Å². The molecule has 1 amide bonds. The van der Waals surface area contributed by atoms with Crippen molar-refractivity contribution in [1.29, 1.82) is 0 Å². The van der Waals surface area contributed by atoms with E-state index in [0.717, 1.165) is 33.4 Å². The fourth-order valence-electron chi connectivity index (χ4n) is 3.68. The second-order valence-electron chi connectivity index (χ2n) is 7.18. The highest BCUT2D eigenvalue weighted by atomic mass is 35.5. The van der Waals surface area contributed by atoms with Gasteiger partial charge in [0.25, 0.3) is 5.91 Å². The molecule has 1 aliphatic heterocycles. The number of hydrogen-bond donors (Lipinski definition) is 0. The minimum atomic E-state index is -0.117. The summed E-state index contributed by atoms with van der Waals surface area (Å²) < 4.78 is 0. The largest absolute Gasteiger partial charge is 0.276 e. The Balaban J connectivity index is 1.65. The molecule has 0 fully saturated rings. The molecule has 0 spiro atoms. The lowest BCUT2D eigenvalue weighted by atomic mass is 10.1. The van der Waals surface area contributed by atoms with Gasteiger partial charge in [-0.05, 0) is 59.7 Å². The molecule has 2 heterocycles. The number of anilines is 1. The molecule has 0 atom stereocenters. The van der Waals surface area contributed by atoms with Gasteiger partial charge >= 0.3 is 0 Å². The Kier molecular flexibility index (Phi) is 5.06. The number of carbonyl (C=O) groups excluding carboxylic acids is 1. The number of carbonyl (C=O) groups is 1. The Morgan fingerprint density at radius 1 is 0.871 bits per heavy atom. The molecule has 31 heavy (non-hydrogen) atoms. The van der Waals surface area contributed by atoms with Gasteiger partial charge in [0.05, 0.1) is 11.2 Å². The molecule has 1 aromatic heterocycles. The summed E-state index contributed by atoms with van der Waals surface area (Å²) in [7, 11) is 0. The molecule has 0 radical (unpaired) electrons. The average Bonchev–Trinajstić information content (AvgIpc) is 3.12. The molecule has 0 N–H and O–H groups in total. The van der Waals surface area contributed by atoms with Crippen LogP contribution in [0.15, 0.2) is 96.7 Å². The molecule has 3 aromatic carbocycles. The van der Waals surface area contributed by atoms with Crippen LogP contribution >= 0.6 is 23.2 Å². The lowest BCUT2D eigenvalue weighted by Gasteiger charge is -2.21. The molecule has 0 aliphatic carbocycles. The van der Waals surface area contributed by atoms with E-state index >= 15 is 0 Å². The number of nitrogens with zero attached hydrogens (tertiary/aromatic N) is 2. The standard InChI is InChI=1S/C26H16Cl2N2O/c27-21-9-8-18(23(28)16-21)13-20-15-25(17-5-2-1-3-6-17)30(26(20)31)22-10-11-24-19(14-22)7-4-12-29-24/h1-16H/b20-13+. The van der Waals surface area contributed by atoms with Crippen LogP contribution in [-0.4, -0.2) is 10.9 Å². The van der Waals surface area contributed by atoms with Crippen molar-refractivity contribution < 1.29 is 4.79 Å². The van der Waals surface area contributed by atoms with Crippen LogP contribution in [0.1, 0.15) is 11.1 Å². The van der Waals surface area contributed by atoms with Crippen molar-refractivity contribution in [3.63, 3.8) is 0 Å². The molecule has 5 rings (SSSR count). The number of benzene rings is 3. The van der Waals surface area contributed by atoms with E-state index in [1.54, 1.807) is 29.3 Å². The third kappa shape index (κ3) is 3.74. The second-order valence-corrected chi connectivity index (χ2v) is 8.03. The quantitative estimate of drug-likeness (QED) is 0.319. The molecule has 150 valence electrons. The van der Waals surface area contributed by atoms with Crippen LogP contribution in [0.2, 0.25) is 10.0 Å². The Morgan fingerprint density at radius 3 is 2.52 bits per heavy atom. The highest BCUT2D eigenvalue weighted by Gasteiger charge is 2.30. The van der Waals surface area contributed by atoms with Crippen LogP contribution in [0.5, 0.6) is 0 Å². The van der Waals surface area contributed by atoms with Crippen molar-refractivity contribution >= 4 is 57.5 Å². The SMILES string of the molecule is O=C1/C(=C/c2ccc(Cl)cc2Cl)C=C(c2ccccc2)N1c1ccc2ncccc2c1. The van der Waals surface area contributed by atoms with Gasteiger partial charge in [-0.15, -0.1) is 0 Å². The van der Waals surface area contributed by atoms with Crippen molar-refractivity contribution in [2.24, 2.45) is 0 Å². The summed E-state index contributed by atoms with van der Waals surface area (Å²) in [5.74, 6) is -0.117. The zero-order valence-electron chi connectivity index (χ0n) is 16.3. The number of hydrogen-bond acceptors (Lipinski definition) is 2. The van der Waals surface area contributed by atoms with E-state index in [1.165, 1.54) is 0 Å². The van der Waals surface area contributed by atoms with Gasteiger partial charge in [0.15, 0.2) is 0 Å². The predicted molar refractivity (Wildman–Crippen MR) is 128 cm³/mol. The molecule has 4 aromatic rings. The molecule has 1 aliphatic rings. The van der Waals surface area contributed by atoms with Crippen LogP contribution in [0.3, 0.4) is 0 Å². The Labute approximate surface area is 189 Å². The summed E-state index contributed by atoms with van der Waals surface area (Å²) in [6.07, 6.45) is 5.46. The number of rotatable bonds is 3. The average molecular weight is 443 g/mol. The van der Waals surface area contributed by atoms with Crippen LogP contribution in [-0.2, 0) is 4.79 Å². The molecular formula is C26H16Cl2N2O. The monoisotopic (exact) mass is 442 g/mol. The fourth-order valence-corrected chi connectivity index (χ4v) is 4.14. The van der Waals surface area contributed by atoms with Crippen molar-refractivity contribution in [2.45, 2.75) is 0 Å². The van der Waals surface area contributed by atoms with Gasteiger partial charge in [0.1, 0.15) is 0 Å². The first-order valence-corrected chi connectivity index (χ1v) is 10.5. The van der Waals surface area contributed by atoms with E-state index in [2.05, 4.69) is 4.98 Å². The Morgan fingerprint density at radius 2 is 1.71 bits per heavy atom. The first-order chi connectivity index (χ1) is 15.1. The zero-order chi connectivity index (χ0) is 21.4. The van der Waals surface area contributed by atoms with Gasteiger partial charge in [-0.25, -0.2) is 0 Å². The lowest BCUT2D eigenvalue weighted by Crippen LogP contribution is -2.24. The number of halogens is 2. The Hall–Kier alpha value is -3.40. The van der Waals surface area contributed by atoms with Crippen LogP contribution < -0.4 is 4.90 Å². The fraction of sp³-hybridized carbons (Fsp3) is 0. The highest BCUT2D eigenvalue weighted by molar-refractivity contribution is 6.35. The number of fused-ring (bicyclic) bond motifs is 1. The summed E-state index contributed by atoms with van der Waals surface area (Å²) in [5.41, 5.74) is 4.72. The maximum Gasteiger partial charge on any atom is 0.262 e. The van der Waals surface area contributed by atoms with E-state index in [4.69, 9.17) is 23.2 Å². The topological polar surface area (TPSA) is 33.2 Å². The Bertz CT molecular complexity index is 1380. The predicted octanol–water partition coefficient (Wildman–Crippen LogP) is 7.01. The first kappa shape index (κ1) is 19.6. The van der Waals surface area contributed by atoms with E-state index in [9.17, 15) is 4.79 Å². The van der Waals surface area contributed by atoms with Gasteiger partial charge in [-0.3, -0.25) is 14.7 Å². The van der Waals surface area contributed by atoms with E-state index in [0.29, 0.717) is 15.6 Å². The minimum absolute atomic E-state index is 0.117. The van der Waals surface area contributed by atoms with Gasteiger partial charge in [0.2, 0.25) is 0 Å². The molecule has 0 saturated heterocycles. The van der Waals surface area contributed by atoms with E-state index < -0.39 is 0 Å². The van der Waals surface area contributed by atoms with Crippen molar-refractivity contribution in [2.75, 3.05) is 4.90 Å². The molecule has 0 saturated carbocycles. The third-order valence-electron chi connectivity index (χ3n) is 5.17. The zero-order valence-corrected chi connectivity index (χ0v) is 17.8.